The van der Waals surface area contributed by atoms with Crippen molar-refractivity contribution in [3.05, 3.63) is 0 Å². The van der Waals surface area contributed by atoms with Crippen LogP contribution >= 0.6 is 0 Å². The van der Waals surface area contributed by atoms with Gasteiger partial charge in [0.15, 0.2) is 0 Å². The second-order valence-electron chi connectivity index (χ2n) is 3.08. The van der Waals surface area contributed by atoms with Gasteiger partial charge in [-0.1, -0.05) is 13.3 Å². The first-order chi connectivity index (χ1) is 3.92. The van der Waals surface area contributed by atoms with Crippen molar-refractivity contribution in [2.24, 2.45) is 11.8 Å². The molecule has 1 aliphatic carbocycles. The third-order valence-corrected chi connectivity index (χ3v) is 2.46. The van der Waals surface area contributed by atoms with Crippen LogP contribution in [0.15, 0.2) is 0 Å². The van der Waals surface area contributed by atoms with Gasteiger partial charge in [-0.2, -0.15) is 0 Å². The molecule has 0 aromatic rings. The average Bonchev–Trinajstić information content (AvgIpc) is 2.62. The molecule has 46 valence electrons. The Morgan fingerprint density at radius 3 is 2.75 bits per heavy atom. The number of hydrogen-bond acceptors (Lipinski definition) is 1. The normalized spacial score (nSPS) is 51.4. The van der Waals surface area contributed by atoms with Crippen LogP contribution in [0.25, 0.3) is 0 Å². The molecule has 0 radical (unpaired) electrons. The summed E-state index contributed by atoms with van der Waals surface area (Å²) in [5.41, 5.74) is 0. The zero-order chi connectivity index (χ0) is 5.56. The smallest absolute Gasteiger partial charge is 0.0224 e. The summed E-state index contributed by atoms with van der Waals surface area (Å²) in [5, 5.41) is 3.36. The SMILES string of the molecule is CCC1CC1C1CN1. The largest absolute Gasteiger partial charge is 0.311 e. The Morgan fingerprint density at radius 1 is 1.62 bits per heavy atom. The van der Waals surface area contributed by atoms with Crippen molar-refractivity contribution in [1.29, 1.82) is 0 Å². The van der Waals surface area contributed by atoms with E-state index in [9.17, 15) is 0 Å². The molecule has 1 saturated heterocycles. The van der Waals surface area contributed by atoms with Crippen molar-refractivity contribution in [3.8, 4) is 0 Å². The molecule has 1 heteroatoms. The van der Waals surface area contributed by atoms with Gasteiger partial charge >= 0.3 is 0 Å². The second kappa shape index (κ2) is 1.47. The van der Waals surface area contributed by atoms with Crippen LogP contribution in [0.3, 0.4) is 0 Å². The summed E-state index contributed by atoms with van der Waals surface area (Å²) in [6, 6.07) is 0.944. The number of nitrogens with one attached hydrogen (secondary N) is 1. The van der Waals surface area contributed by atoms with Crippen LogP contribution in [0.2, 0.25) is 0 Å². The summed E-state index contributed by atoms with van der Waals surface area (Å²) in [6.45, 7) is 3.61. The van der Waals surface area contributed by atoms with Gasteiger partial charge in [-0.25, -0.2) is 0 Å². The maximum absolute atomic E-state index is 3.36. The van der Waals surface area contributed by atoms with Crippen LogP contribution in [-0.4, -0.2) is 12.6 Å². The fourth-order valence-electron chi connectivity index (χ4n) is 1.60. The van der Waals surface area contributed by atoms with Gasteiger partial charge in [0.1, 0.15) is 0 Å². The van der Waals surface area contributed by atoms with Gasteiger partial charge in [-0.15, -0.1) is 0 Å². The zero-order valence-corrected chi connectivity index (χ0v) is 5.35. The molecule has 1 nitrogen and oxygen atoms in total. The summed E-state index contributed by atoms with van der Waals surface area (Å²) < 4.78 is 0. The van der Waals surface area contributed by atoms with Gasteiger partial charge in [-0.3, -0.25) is 0 Å². The lowest BCUT2D eigenvalue weighted by Gasteiger charge is -1.87. The lowest BCUT2D eigenvalue weighted by atomic mass is 10.2. The summed E-state index contributed by atoms with van der Waals surface area (Å²) in [6.07, 6.45) is 2.91. The van der Waals surface area contributed by atoms with E-state index in [1.165, 1.54) is 19.4 Å². The Morgan fingerprint density at radius 2 is 2.38 bits per heavy atom. The van der Waals surface area contributed by atoms with E-state index in [0.717, 1.165) is 17.9 Å². The Labute approximate surface area is 50.5 Å². The van der Waals surface area contributed by atoms with Gasteiger partial charge in [-0.05, 0) is 18.3 Å². The molecule has 0 spiro atoms. The van der Waals surface area contributed by atoms with Gasteiger partial charge in [0, 0.05) is 12.6 Å². The van der Waals surface area contributed by atoms with Crippen LogP contribution in [0.4, 0.5) is 0 Å². The molecule has 0 aromatic carbocycles. The van der Waals surface area contributed by atoms with Crippen molar-refractivity contribution < 1.29 is 0 Å². The molecule has 1 aliphatic heterocycles. The van der Waals surface area contributed by atoms with Gasteiger partial charge < -0.3 is 5.32 Å². The van der Waals surface area contributed by atoms with Gasteiger partial charge in [0.2, 0.25) is 0 Å². The van der Waals surface area contributed by atoms with E-state index in [2.05, 4.69) is 12.2 Å². The maximum atomic E-state index is 3.36. The molecule has 3 atom stereocenters. The number of hydrogen-bond donors (Lipinski definition) is 1. The average molecular weight is 111 g/mol. The van der Waals surface area contributed by atoms with E-state index in [0.29, 0.717) is 0 Å². The fraction of sp³-hybridized carbons (Fsp3) is 1.00. The first kappa shape index (κ1) is 4.80. The molecular formula is C7H13N. The van der Waals surface area contributed by atoms with Crippen molar-refractivity contribution in [1.82, 2.24) is 5.32 Å². The lowest BCUT2D eigenvalue weighted by molar-refractivity contribution is 0.668. The highest BCUT2D eigenvalue weighted by atomic mass is 15.1. The fourth-order valence-corrected chi connectivity index (χ4v) is 1.60. The first-order valence-corrected chi connectivity index (χ1v) is 3.65. The highest BCUT2D eigenvalue weighted by Gasteiger charge is 2.45. The summed E-state index contributed by atoms with van der Waals surface area (Å²) in [4.78, 5) is 0. The summed E-state index contributed by atoms with van der Waals surface area (Å²) >= 11 is 0. The third-order valence-electron chi connectivity index (χ3n) is 2.46. The number of rotatable bonds is 2. The molecule has 0 aromatic heterocycles. The molecule has 1 saturated carbocycles. The van der Waals surface area contributed by atoms with Crippen LogP contribution in [0, 0.1) is 11.8 Å². The van der Waals surface area contributed by atoms with Crippen molar-refractivity contribution in [2.45, 2.75) is 25.8 Å². The maximum Gasteiger partial charge on any atom is 0.0224 e. The van der Waals surface area contributed by atoms with E-state index in [-0.39, 0.29) is 0 Å². The zero-order valence-electron chi connectivity index (χ0n) is 5.35. The molecule has 1 N–H and O–H groups in total. The predicted molar refractivity (Wildman–Crippen MR) is 33.7 cm³/mol. The summed E-state index contributed by atoms with van der Waals surface area (Å²) in [7, 11) is 0. The van der Waals surface area contributed by atoms with E-state index >= 15 is 0 Å². The molecule has 0 amide bonds. The van der Waals surface area contributed by atoms with Crippen LogP contribution in [0.5, 0.6) is 0 Å². The molecule has 2 rings (SSSR count). The van der Waals surface area contributed by atoms with E-state index in [1.54, 1.807) is 0 Å². The van der Waals surface area contributed by atoms with Crippen molar-refractivity contribution in [2.75, 3.05) is 6.54 Å². The van der Waals surface area contributed by atoms with Gasteiger partial charge in [0.05, 0.1) is 0 Å². The quantitative estimate of drug-likeness (QED) is 0.528. The molecule has 0 bridgehead atoms. The van der Waals surface area contributed by atoms with Crippen LogP contribution in [0.1, 0.15) is 19.8 Å². The molecule has 1 heterocycles. The molecule has 3 unspecified atom stereocenters. The Bertz CT molecular complexity index is 96.6. The Balaban J connectivity index is 1.79. The third kappa shape index (κ3) is 0.655. The van der Waals surface area contributed by atoms with E-state index in [4.69, 9.17) is 0 Å². The monoisotopic (exact) mass is 111 g/mol. The summed E-state index contributed by atoms with van der Waals surface area (Å²) in [5.74, 6) is 2.18. The van der Waals surface area contributed by atoms with Crippen LogP contribution < -0.4 is 5.32 Å². The molecular weight excluding hydrogens is 98.1 g/mol. The topological polar surface area (TPSA) is 21.9 Å². The predicted octanol–water partition coefficient (Wildman–Crippen LogP) is 1.00. The highest BCUT2D eigenvalue weighted by Crippen LogP contribution is 2.45. The Kier molecular flexibility index (Phi) is 0.884. The minimum absolute atomic E-state index is 0.944. The van der Waals surface area contributed by atoms with Gasteiger partial charge in [0.25, 0.3) is 0 Å². The highest BCUT2D eigenvalue weighted by molar-refractivity contribution is 5.01. The van der Waals surface area contributed by atoms with Crippen molar-refractivity contribution in [3.63, 3.8) is 0 Å². The lowest BCUT2D eigenvalue weighted by Crippen LogP contribution is -1.94. The van der Waals surface area contributed by atoms with E-state index < -0.39 is 0 Å². The molecule has 8 heavy (non-hydrogen) atoms. The Hall–Kier alpha value is -0.0400. The van der Waals surface area contributed by atoms with E-state index in [1.807, 2.05) is 0 Å². The minimum Gasteiger partial charge on any atom is -0.311 e. The molecule has 2 aliphatic rings. The first-order valence-electron chi connectivity index (χ1n) is 3.65. The second-order valence-corrected chi connectivity index (χ2v) is 3.08. The van der Waals surface area contributed by atoms with Crippen LogP contribution in [-0.2, 0) is 0 Å². The minimum atomic E-state index is 0.944. The molecule has 2 fully saturated rings. The standard InChI is InChI=1S/C7H13N/c1-2-5-3-6(5)7-4-8-7/h5-8H,2-4H2,1H3. The van der Waals surface area contributed by atoms with Crippen molar-refractivity contribution >= 4 is 0 Å².